The van der Waals surface area contributed by atoms with Crippen LogP contribution in [0.3, 0.4) is 0 Å². The molecular weight excluding hydrogens is 278 g/mol. The van der Waals surface area contributed by atoms with Gasteiger partial charge in [0.2, 0.25) is 0 Å². The molecule has 0 aromatic carbocycles. The maximum absolute atomic E-state index is 11.8. The number of ether oxygens (including phenoxy) is 1. The van der Waals surface area contributed by atoms with Crippen LogP contribution < -0.4 is 0 Å². The number of hydrogen-bond acceptors (Lipinski definition) is 4. The molecule has 2 rings (SSSR count). The zero-order chi connectivity index (χ0) is 15.9. The summed E-state index contributed by atoms with van der Waals surface area (Å²) in [6, 6.07) is 0.641. The van der Waals surface area contributed by atoms with Crippen molar-refractivity contribution in [2.45, 2.75) is 39.7 Å². The smallest absolute Gasteiger partial charge is 0.409 e. The standard InChI is InChI=1S/C17H31N3O2/c1-4-15(3)13-18-8-6-7-16(14-18)19-9-11-20(12-10-19)17(21)22-5-2/h4,16H,5-14H2,1-3H3/b15-4+. The lowest BCUT2D eigenvalue weighted by molar-refractivity contribution is 0.0445. The molecule has 0 saturated carbocycles. The predicted octanol–water partition coefficient (Wildman–Crippen LogP) is 2.19. The third-order valence-corrected chi connectivity index (χ3v) is 4.80. The highest BCUT2D eigenvalue weighted by Gasteiger charge is 2.29. The number of hydrogen-bond donors (Lipinski definition) is 0. The molecule has 0 aromatic heterocycles. The van der Waals surface area contributed by atoms with Gasteiger partial charge in [0.15, 0.2) is 0 Å². The lowest BCUT2D eigenvalue weighted by Crippen LogP contribution is -2.56. The van der Waals surface area contributed by atoms with Gasteiger partial charge in [-0.25, -0.2) is 4.79 Å². The number of likely N-dealkylation sites (tertiary alicyclic amines) is 1. The van der Waals surface area contributed by atoms with Crippen LogP contribution in [-0.4, -0.2) is 79.3 Å². The van der Waals surface area contributed by atoms with Gasteiger partial charge >= 0.3 is 6.09 Å². The van der Waals surface area contributed by atoms with Crippen molar-refractivity contribution in [1.29, 1.82) is 0 Å². The topological polar surface area (TPSA) is 36.0 Å². The second-order valence-electron chi connectivity index (χ2n) is 6.39. The Labute approximate surface area is 134 Å². The van der Waals surface area contributed by atoms with E-state index in [1.807, 2.05) is 11.8 Å². The Bertz CT molecular complexity index is 389. The van der Waals surface area contributed by atoms with Crippen molar-refractivity contribution in [2.24, 2.45) is 0 Å². The minimum atomic E-state index is -0.156. The molecule has 22 heavy (non-hydrogen) atoms. The molecule has 0 aliphatic carbocycles. The van der Waals surface area contributed by atoms with Gasteiger partial charge in [0, 0.05) is 45.3 Å². The zero-order valence-electron chi connectivity index (χ0n) is 14.4. The summed E-state index contributed by atoms with van der Waals surface area (Å²) in [6.45, 7) is 13.6. The van der Waals surface area contributed by atoms with Crippen LogP contribution >= 0.6 is 0 Å². The molecule has 0 bridgehead atoms. The van der Waals surface area contributed by atoms with Crippen molar-refractivity contribution in [1.82, 2.24) is 14.7 Å². The highest BCUT2D eigenvalue weighted by molar-refractivity contribution is 5.67. The second kappa shape index (κ2) is 8.53. The molecule has 5 heteroatoms. The molecule has 2 aliphatic rings. The van der Waals surface area contributed by atoms with E-state index in [1.165, 1.54) is 25.0 Å². The quantitative estimate of drug-likeness (QED) is 0.746. The number of allylic oxidation sites excluding steroid dienone is 1. The number of carbonyl (C=O) groups excluding carboxylic acids is 1. The van der Waals surface area contributed by atoms with Gasteiger partial charge in [-0.15, -0.1) is 0 Å². The molecule has 2 aliphatic heterocycles. The molecule has 0 aromatic rings. The monoisotopic (exact) mass is 309 g/mol. The minimum Gasteiger partial charge on any atom is -0.450 e. The van der Waals surface area contributed by atoms with E-state index in [9.17, 15) is 4.79 Å². The van der Waals surface area contributed by atoms with E-state index < -0.39 is 0 Å². The highest BCUT2D eigenvalue weighted by Crippen LogP contribution is 2.18. The fourth-order valence-corrected chi connectivity index (χ4v) is 3.40. The normalized spacial score (nSPS) is 25.3. The van der Waals surface area contributed by atoms with E-state index in [-0.39, 0.29) is 6.09 Å². The molecule has 0 radical (unpaired) electrons. The number of carbonyl (C=O) groups is 1. The van der Waals surface area contributed by atoms with E-state index in [1.54, 1.807) is 0 Å². The van der Waals surface area contributed by atoms with Crippen molar-refractivity contribution >= 4 is 6.09 Å². The largest absolute Gasteiger partial charge is 0.450 e. The lowest BCUT2D eigenvalue weighted by atomic mass is 10.0. The molecule has 0 N–H and O–H groups in total. The summed E-state index contributed by atoms with van der Waals surface area (Å²) in [4.78, 5) is 18.7. The molecular formula is C17H31N3O2. The second-order valence-corrected chi connectivity index (χ2v) is 6.39. The van der Waals surface area contributed by atoms with E-state index in [0.29, 0.717) is 12.6 Å². The molecule has 1 unspecified atom stereocenters. The summed E-state index contributed by atoms with van der Waals surface area (Å²) in [5.74, 6) is 0. The molecule has 1 amide bonds. The fourth-order valence-electron chi connectivity index (χ4n) is 3.40. The van der Waals surface area contributed by atoms with Crippen LogP contribution in [0.5, 0.6) is 0 Å². The van der Waals surface area contributed by atoms with Gasteiger partial charge in [0.25, 0.3) is 0 Å². The van der Waals surface area contributed by atoms with Crippen LogP contribution in [0.15, 0.2) is 11.6 Å². The molecule has 2 saturated heterocycles. The fraction of sp³-hybridized carbons (Fsp3) is 0.824. The van der Waals surface area contributed by atoms with Gasteiger partial charge in [-0.3, -0.25) is 9.80 Å². The first-order valence-corrected chi connectivity index (χ1v) is 8.64. The third kappa shape index (κ3) is 4.71. The maximum Gasteiger partial charge on any atom is 0.409 e. The molecule has 2 heterocycles. The van der Waals surface area contributed by atoms with Crippen LogP contribution in [0.1, 0.15) is 33.6 Å². The first-order valence-electron chi connectivity index (χ1n) is 8.64. The van der Waals surface area contributed by atoms with Crippen LogP contribution in [0.25, 0.3) is 0 Å². The summed E-state index contributed by atoms with van der Waals surface area (Å²) in [5, 5.41) is 0. The zero-order valence-corrected chi connectivity index (χ0v) is 14.4. The summed E-state index contributed by atoms with van der Waals surface area (Å²) >= 11 is 0. The SMILES string of the molecule is C/C=C(\C)CN1CCCC(N2CCN(C(=O)OCC)CC2)C1. The predicted molar refractivity (Wildman–Crippen MR) is 89.1 cm³/mol. The molecule has 2 fully saturated rings. The van der Waals surface area contributed by atoms with Crippen molar-refractivity contribution in [2.75, 3.05) is 52.4 Å². The Kier molecular flexibility index (Phi) is 6.70. The number of rotatable bonds is 4. The number of piperidine rings is 1. The molecule has 0 spiro atoms. The number of amides is 1. The Morgan fingerprint density at radius 1 is 1.23 bits per heavy atom. The van der Waals surface area contributed by atoms with Gasteiger partial charge in [0.05, 0.1) is 6.61 Å². The molecule has 1 atom stereocenters. The minimum absolute atomic E-state index is 0.156. The Hall–Kier alpha value is -1.07. The van der Waals surface area contributed by atoms with E-state index in [0.717, 1.165) is 39.3 Å². The lowest BCUT2D eigenvalue weighted by Gasteiger charge is -2.43. The van der Waals surface area contributed by atoms with Gasteiger partial charge < -0.3 is 9.64 Å². The maximum atomic E-state index is 11.8. The number of nitrogens with zero attached hydrogens (tertiary/aromatic N) is 3. The third-order valence-electron chi connectivity index (χ3n) is 4.80. The number of piperazine rings is 1. The Balaban J connectivity index is 1.79. The van der Waals surface area contributed by atoms with Crippen molar-refractivity contribution in [3.63, 3.8) is 0 Å². The average molecular weight is 309 g/mol. The summed E-state index contributed by atoms with van der Waals surface area (Å²) < 4.78 is 5.09. The van der Waals surface area contributed by atoms with Crippen molar-refractivity contribution in [3.05, 3.63) is 11.6 Å². The van der Waals surface area contributed by atoms with Crippen LogP contribution in [0.2, 0.25) is 0 Å². The Morgan fingerprint density at radius 3 is 2.59 bits per heavy atom. The van der Waals surface area contributed by atoms with Gasteiger partial charge in [0.1, 0.15) is 0 Å². The summed E-state index contributed by atoms with van der Waals surface area (Å²) in [7, 11) is 0. The van der Waals surface area contributed by atoms with Crippen LogP contribution in [0, 0.1) is 0 Å². The van der Waals surface area contributed by atoms with E-state index >= 15 is 0 Å². The highest BCUT2D eigenvalue weighted by atomic mass is 16.6. The summed E-state index contributed by atoms with van der Waals surface area (Å²) in [6.07, 6.45) is 4.61. The van der Waals surface area contributed by atoms with Crippen molar-refractivity contribution in [3.8, 4) is 0 Å². The Morgan fingerprint density at radius 2 is 1.95 bits per heavy atom. The summed E-state index contributed by atoms with van der Waals surface area (Å²) in [5.41, 5.74) is 1.45. The molecule has 126 valence electrons. The first kappa shape index (κ1) is 17.3. The van der Waals surface area contributed by atoms with E-state index in [4.69, 9.17) is 4.74 Å². The average Bonchev–Trinajstić information content (AvgIpc) is 2.55. The van der Waals surface area contributed by atoms with Crippen LogP contribution in [-0.2, 0) is 4.74 Å². The van der Waals surface area contributed by atoms with Gasteiger partial charge in [-0.05, 0) is 40.2 Å². The van der Waals surface area contributed by atoms with E-state index in [2.05, 4.69) is 29.7 Å². The van der Waals surface area contributed by atoms with Crippen molar-refractivity contribution < 1.29 is 9.53 Å². The first-order chi connectivity index (χ1) is 10.6. The van der Waals surface area contributed by atoms with Gasteiger partial charge in [-0.2, -0.15) is 0 Å². The van der Waals surface area contributed by atoms with Gasteiger partial charge in [-0.1, -0.05) is 11.6 Å². The van der Waals surface area contributed by atoms with Crippen LogP contribution in [0.4, 0.5) is 4.79 Å². The molecule has 5 nitrogen and oxygen atoms in total.